The predicted octanol–water partition coefficient (Wildman–Crippen LogP) is 4.74. The van der Waals surface area contributed by atoms with E-state index in [4.69, 9.17) is 4.74 Å². The highest BCUT2D eigenvalue weighted by atomic mass is 16.5. The zero-order chi connectivity index (χ0) is 23.0. The molecule has 1 fully saturated rings. The summed E-state index contributed by atoms with van der Waals surface area (Å²) < 4.78 is 5.68. The number of nitrogens with zero attached hydrogens (tertiary/aromatic N) is 2. The van der Waals surface area contributed by atoms with Crippen molar-refractivity contribution in [1.82, 2.24) is 10.3 Å². The van der Waals surface area contributed by atoms with Gasteiger partial charge in [-0.25, -0.2) is 0 Å². The van der Waals surface area contributed by atoms with Gasteiger partial charge in [0.2, 0.25) is 0 Å². The molecule has 3 aromatic rings. The largest absolute Gasteiger partial charge is 0.493 e. The fourth-order valence-electron chi connectivity index (χ4n) is 3.84. The molecule has 172 valence electrons. The van der Waals surface area contributed by atoms with Crippen LogP contribution in [-0.4, -0.2) is 36.6 Å². The van der Waals surface area contributed by atoms with Gasteiger partial charge >= 0.3 is 0 Å². The van der Waals surface area contributed by atoms with E-state index in [2.05, 4.69) is 46.5 Å². The van der Waals surface area contributed by atoms with Gasteiger partial charge in [-0.05, 0) is 73.0 Å². The Kier molecular flexibility index (Phi) is 7.58. The maximum absolute atomic E-state index is 12.6. The SMILES string of the molecule is CC(C)COc1ccc(C(=O)Nc2ccc(N3CCC(NCc4ccccn4)C3)cc2)cc1. The van der Waals surface area contributed by atoms with Crippen molar-refractivity contribution in [1.29, 1.82) is 0 Å². The molecule has 1 aliphatic rings. The molecule has 1 aromatic heterocycles. The molecule has 2 aromatic carbocycles. The molecule has 1 unspecified atom stereocenters. The third-order valence-electron chi connectivity index (χ3n) is 5.68. The summed E-state index contributed by atoms with van der Waals surface area (Å²) in [6.07, 6.45) is 2.93. The number of ether oxygens (including phenoxy) is 1. The number of benzene rings is 2. The monoisotopic (exact) mass is 444 g/mol. The molecule has 0 aliphatic carbocycles. The molecule has 2 heterocycles. The van der Waals surface area contributed by atoms with Gasteiger partial charge in [0.25, 0.3) is 5.91 Å². The van der Waals surface area contributed by atoms with Crippen molar-refractivity contribution >= 4 is 17.3 Å². The second-order valence-electron chi connectivity index (χ2n) is 8.86. The third kappa shape index (κ3) is 6.56. The van der Waals surface area contributed by atoms with Crippen LogP contribution in [-0.2, 0) is 6.54 Å². The van der Waals surface area contributed by atoms with Crippen LogP contribution in [0.25, 0.3) is 0 Å². The highest BCUT2D eigenvalue weighted by molar-refractivity contribution is 6.04. The second-order valence-corrected chi connectivity index (χ2v) is 8.86. The Hall–Kier alpha value is -3.38. The van der Waals surface area contributed by atoms with Gasteiger partial charge in [0.15, 0.2) is 0 Å². The number of aromatic nitrogens is 1. The number of anilines is 2. The molecule has 6 heteroatoms. The number of carbonyl (C=O) groups is 1. The average Bonchev–Trinajstić information content (AvgIpc) is 3.32. The number of rotatable bonds is 9. The Morgan fingerprint density at radius 2 is 1.88 bits per heavy atom. The van der Waals surface area contributed by atoms with Gasteiger partial charge in [-0.1, -0.05) is 19.9 Å². The van der Waals surface area contributed by atoms with Crippen LogP contribution in [0.3, 0.4) is 0 Å². The number of amides is 1. The fraction of sp³-hybridized carbons (Fsp3) is 0.333. The van der Waals surface area contributed by atoms with Crippen molar-refractivity contribution in [3.63, 3.8) is 0 Å². The molecule has 0 radical (unpaired) electrons. The van der Waals surface area contributed by atoms with E-state index >= 15 is 0 Å². The first-order chi connectivity index (χ1) is 16.1. The number of carbonyl (C=O) groups excluding carboxylic acids is 1. The average molecular weight is 445 g/mol. The highest BCUT2D eigenvalue weighted by Crippen LogP contribution is 2.23. The molecule has 33 heavy (non-hydrogen) atoms. The summed E-state index contributed by atoms with van der Waals surface area (Å²) in [6.45, 7) is 7.64. The summed E-state index contributed by atoms with van der Waals surface area (Å²) in [5, 5.41) is 6.58. The van der Waals surface area contributed by atoms with Gasteiger partial charge in [-0.2, -0.15) is 0 Å². The third-order valence-corrected chi connectivity index (χ3v) is 5.68. The minimum atomic E-state index is -0.127. The summed E-state index contributed by atoms with van der Waals surface area (Å²) in [5.41, 5.74) is 3.63. The molecule has 4 rings (SSSR count). The maximum atomic E-state index is 12.6. The Morgan fingerprint density at radius 3 is 2.58 bits per heavy atom. The van der Waals surface area contributed by atoms with E-state index in [9.17, 15) is 4.79 Å². The van der Waals surface area contributed by atoms with Crippen molar-refractivity contribution < 1.29 is 9.53 Å². The smallest absolute Gasteiger partial charge is 0.255 e. The Bertz CT molecular complexity index is 1020. The Morgan fingerprint density at radius 1 is 1.09 bits per heavy atom. The van der Waals surface area contributed by atoms with Crippen molar-refractivity contribution in [2.75, 3.05) is 29.9 Å². The summed E-state index contributed by atoms with van der Waals surface area (Å²) in [6, 6.07) is 21.8. The Labute approximate surface area is 196 Å². The topological polar surface area (TPSA) is 66.5 Å². The minimum Gasteiger partial charge on any atom is -0.493 e. The number of hydrogen-bond donors (Lipinski definition) is 2. The van der Waals surface area contributed by atoms with E-state index in [1.807, 2.05) is 48.7 Å². The van der Waals surface area contributed by atoms with Crippen LogP contribution in [0.5, 0.6) is 5.75 Å². The van der Waals surface area contributed by atoms with Crippen LogP contribution in [0, 0.1) is 5.92 Å². The van der Waals surface area contributed by atoms with E-state index in [1.165, 1.54) is 5.69 Å². The number of hydrogen-bond acceptors (Lipinski definition) is 5. The van der Waals surface area contributed by atoms with Gasteiger partial charge in [-0.15, -0.1) is 0 Å². The van der Waals surface area contributed by atoms with Crippen molar-refractivity contribution in [2.24, 2.45) is 5.92 Å². The van der Waals surface area contributed by atoms with Gasteiger partial charge in [0.1, 0.15) is 5.75 Å². The lowest BCUT2D eigenvalue weighted by Gasteiger charge is -2.19. The minimum absolute atomic E-state index is 0.127. The molecular weight excluding hydrogens is 412 g/mol. The maximum Gasteiger partial charge on any atom is 0.255 e. The number of nitrogens with one attached hydrogen (secondary N) is 2. The Balaban J connectivity index is 1.26. The summed E-state index contributed by atoms with van der Waals surface area (Å²) in [7, 11) is 0. The number of pyridine rings is 1. The lowest BCUT2D eigenvalue weighted by molar-refractivity contribution is 0.102. The van der Waals surface area contributed by atoms with Crippen LogP contribution in [0.4, 0.5) is 11.4 Å². The lowest BCUT2D eigenvalue weighted by atomic mass is 10.2. The van der Waals surface area contributed by atoms with Crippen molar-refractivity contribution in [3.05, 3.63) is 84.2 Å². The highest BCUT2D eigenvalue weighted by Gasteiger charge is 2.22. The molecule has 1 aliphatic heterocycles. The van der Waals surface area contributed by atoms with E-state index in [1.54, 1.807) is 12.1 Å². The fourth-order valence-corrected chi connectivity index (χ4v) is 3.84. The van der Waals surface area contributed by atoms with Crippen LogP contribution in [0.2, 0.25) is 0 Å². The standard InChI is InChI=1S/C27H32N4O2/c1-20(2)19-33-26-12-6-21(7-13-26)27(32)30-22-8-10-25(11-9-22)31-16-14-24(18-31)29-17-23-5-3-4-15-28-23/h3-13,15,20,24,29H,14,16-19H2,1-2H3,(H,30,32). The lowest BCUT2D eigenvalue weighted by Crippen LogP contribution is -2.32. The first kappa shape index (κ1) is 22.8. The molecule has 0 spiro atoms. The van der Waals surface area contributed by atoms with Gasteiger partial charge in [0, 0.05) is 48.8 Å². The zero-order valence-corrected chi connectivity index (χ0v) is 19.3. The zero-order valence-electron chi connectivity index (χ0n) is 19.3. The van der Waals surface area contributed by atoms with E-state index in [-0.39, 0.29) is 5.91 Å². The molecule has 6 nitrogen and oxygen atoms in total. The first-order valence-corrected chi connectivity index (χ1v) is 11.6. The van der Waals surface area contributed by atoms with Crippen LogP contribution >= 0.6 is 0 Å². The molecule has 1 amide bonds. The quantitative estimate of drug-likeness (QED) is 0.499. The normalized spacial score (nSPS) is 15.6. The van der Waals surface area contributed by atoms with Gasteiger partial charge in [-0.3, -0.25) is 9.78 Å². The van der Waals surface area contributed by atoms with E-state index in [0.29, 0.717) is 24.1 Å². The molecule has 1 saturated heterocycles. The summed E-state index contributed by atoms with van der Waals surface area (Å²) >= 11 is 0. The van der Waals surface area contributed by atoms with Crippen molar-refractivity contribution in [3.8, 4) is 5.75 Å². The molecule has 1 atom stereocenters. The van der Waals surface area contributed by atoms with E-state index in [0.717, 1.165) is 43.2 Å². The predicted molar refractivity (Wildman–Crippen MR) is 133 cm³/mol. The van der Waals surface area contributed by atoms with Crippen LogP contribution in [0.1, 0.15) is 36.3 Å². The van der Waals surface area contributed by atoms with Crippen LogP contribution < -0.4 is 20.3 Å². The van der Waals surface area contributed by atoms with E-state index < -0.39 is 0 Å². The molecular formula is C27H32N4O2. The summed E-state index contributed by atoms with van der Waals surface area (Å²) in [5.74, 6) is 1.12. The molecule has 0 saturated carbocycles. The summed E-state index contributed by atoms with van der Waals surface area (Å²) in [4.78, 5) is 19.3. The molecule has 2 N–H and O–H groups in total. The van der Waals surface area contributed by atoms with Gasteiger partial charge < -0.3 is 20.3 Å². The molecule has 0 bridgehead atoms. The second kappa shape index (κ2) is 11.0. The first-order valence-electron chi connectivity index (χ1n) is 11.6. The van der Waals surface area contributed by atoms with Crippen LogP contribution in [0.15, 0.2) is 72.9 Å². The van der Waals surface area contributed by atoms with Crippen molar-refractivity contribution in [2.45, 2.75) is 32.9 Å². The van der Waals surface area contributed by atoms with Gasteiger partial charge in [0.05, 0.1) is 12.3 Å².